The van der Waals surface area contributed by atoms with Crippen LogP contribution in [0.15, 0.2) is 76.2 Å². The zero-order chi connectivity index (χ0) is 33.5. The molecule has 0 saturated carbocycles. The van der Waals surface area contributed by atoms with E-state index in [0.29, 0.717) is 59.4 Å². The molecule has 0 aliphatic heterocycles. The first-order valence-electron chi connectivity index (χ1n) is 14.6. The molecule has 4 rings (SSSR count). The van der Waals surface area contributed by atoms with Gasteiger partial charge in [-0.3, -0.25) is 9.59 Å². The summed E-state index contributed by atoms with van der Waals surface area (Å²) in [5.41, 5.74) is 1.01. The highest BCUT2D eigenvalue weighted by molar-refractivity contribution is 6.00. The molecule has 3 aromatic carbocycles. The summed E-state index contributed by atoms with van der Waals surface area (Å²) in [6.07, 6.45) is -1.84. The highest BCUT2D eigenvalue weighted by Gasteiger charge is 2.30. The number of amidine groups is 1. The Morgan fingerprint density at radius 2 is 1.65 bits per heavy atom. The summed E-state index contributed by atoms with van der Waals surface area (Å²) in [5, 5.41) is 3.96. The maximum atomic E-state index is 13.6. The van der Waals surface area contributed by atoms with E-state index in [0.717, 1.165) is 12.1 Å². The Labute approximate surface area is 264 Å². The molecule has 1 heterocycles. The molecule has 4 aromatic rings. The normalized spacial score (nSPS) is 12.2. The van der Waals surface area contributed by atoms with Gasteiger partial charge in [0.1, 0.15) is 17.3 Å². The van der Waals surface area contributed by atoms with Gasteiger partial charge in [0.25, 0.3) is 5.89 Å². The molecule has 0 N–H and O–H groups in total. The zero-order valence-corrected chi connectivity index (χ0v) is 25.9. The van der Waals surface area contributed by atoms with Crippen molar-refractivity contribution >= 4 is 29.5 Å². The predicted octanol–water partition coefficient (Wildman–Crippen LogP) is 8.37. The van der Waals surface area contributed by atoms with Crippen molar-refractivity contribution in [3.63, 3.8) is 0 Å². The Balaban J connectivity index is 1.57. The number of aromatic nitrogens is 2. The number of alkyl halides is 3. The second-order valence-electron chi connectivity index (χ2n) is 11.6. The monoisotopic (exact) mass is 638 g/mol. The van der Waals surface area contributed by atoms with Crippen LogP contribution in [-0.4, -0.2) is 40.9 Å². The average molecular weight is 639 g/mol. The maximum absolute atomic E-state index is 13.6. The molecule has 0 bridgehead atoms. The van der Waals surface area contributed by atoms with E-state index in [1.165, 1.54) is 24.3 Å². The number of aliphatic imine (C=N–C) groups is 1. The molecular weight excluding hydrogens is 604 g/mol. The summed E-state index contributed by atoms with van der Waals surface area (Å²) in [6.45, 7) is 5.42. The number of esters is 1. The van der Waals surface area contributed by atoms with Gasteiger partial charge >= 0.3 is 12.1 Å². The molecule has 0 aliphatic carbocycles. The van der Waals surface area contributed by atoms with Gasteiger partial charge in [0, 0.05) is 43.1 Å². The van der Waals surface area contributed by atoms with Crippen molar-refractivity contribution in [1.82, 2.24) is 10.1 Å². The molecule has 0 unspecified atom stereocenters. The summed E-state index contributed by atoms with van der Waals surface area (Å²) in [7, 11) is 1.77. The highest BCUT2D eigenvalue weighted by atomic mass is 19.4. The minimum Gasteiger partial charge on any atom is -0.460 e. The van der Waals surface area contributed by atoms with E-state index in [9.17, 15) is 27.2 Å². The number of halogens is 4. The van der Waals surface area contributed by atoms with Gasteiger partial charge in [-0.05, 0) is 93.8 Å². The number of nitrogens with zero attached hydrogens (tertiary/aromatic N) is 4. The van der Waals surface area contributed by atoms with Crippen LogP contribution in [0.2, 0.25) is 0 Å². The van der Waals surface area contributed by atoms with Crippen molar-refractivity contribution in [2.45, 2.75) is 64.7 Å². The van der Waals surface area contributed by atoms with Crippen LogP contribution in [0.3, 0.4) is 0 Å². The lowest BCUT2D eigenvalue weighted by Crippen LogP contribution is -2.26. The minimum atomic E-state index is -4.43. The molecule has 8 nitrogen and oxygen atoms in total. The number of benzene rings is 3. The standard InChI is InChI=1S/C34H34F4N4O4/c1-33(2,3)45-31(44)8-6-5-7-30(42(4)27-17-15-26(35)16-18-27)39-28-20-23(11-12-24(28)21-43)32-40-29(41-46-32)19-22-9-13-25(14-10-22)34(36,37)38/h9-18,20-21H,5-8,19H2,1-4H3. The fraction of sp³-hybridized carbons (Fsp3) is 0.324. The van der Waals surface area contributed by atoms with Gasteiger partial charge in [-0.2, -0.15) is 18.2 Å². The van der Waals surface area contributed by atoms with E-state index in [1.54, 1.807) is 63.1 Å². The lowest BCUT2D eigenvalue weighted by molar-refractivity contribution is -0.155. The predicted molar refractivity (Wildman–Crippen MR) is 166 cm³/mol. The second-order valence-corrected chi connectivity index (χ2v) is 11.6. The van der Waals surface area contributed by atoms with E-state index in [2.05, 4.69) is 10.1 Å². The van der Waals surface area contributed by atoms with E-state index in [4.69, 9.17) is 14.3 Å². The molecule has 0 atom stereocenters. The van der Waals surface area contributed by atoms with Crippen LogP contribution in [0.1, 0.15) is 73.8 Å². The molecular formula is C34H34F4N4O4. The number of hydrogen-bond donors (Lipinski definition) is 0. The van der Waals surface area contributed by atoms with E-state index >= 15 is 0 Å². The summed E-state index contributed by atoms with van der Waals surface area (Å²) in [5.74, 6) is 0.277. The molecule has 0 saturated heterocycles. The summed E-state index contributed by atoms with van der Waals surface area (Å²) >= 11 is 0. The molecule has 0 spiro atoms. The topological polar surface area (TPSA) is 97.9 Å². The van der Waals surface area contributed by atoms with Crippen molar-refractivity contribution in [3.05, 3.63) is 95.1 Å². The molecule has 0 aliphatic rings. The van der Waals surface area contributed by atoms with Crippen LogP contribution in [0, 0.1) is 5.82 Å². The number of carbonyl (C=O) groups excluding carboxylic acids is 2. The van der Waals surface area contributed by atoms with Crippen LogP contribution in [0.5, 0.6) is 0 Å². The van der Waals surface area contributed by atoms with E-state index in [1.807, 2.05) is 0 Å². The Hall–Kier alpha value is -4.87. The Bertz CT molecular complexity index is 1680. The first-order chi connectivity index (χ1) is 21.7. The maximum Gasteiger partial charge on any atom is 0.416 e. The van der Waals surface area contributed by atoms with Crippen molar-refractivity contribution < 1.29 is 36.4 Å². The Kier molecular flexibility index (Phi) is 10.7. The number of ether oxygens (including phenoxy) is 1. The SMILES string of the molecule is CN(C(CCCCC(=O)OC(C)(C)C)=Nc1cc(-c2nc(Cc3ccc(C(F)(F)F)cc3)no2)ccc1C=O)c1ccc(F)cc1. The fourth-order valence-corrected chi connectivity index (χ4v) is 4.51. The number of aldehydes is 1. The number of unbranched alkanes of at least 4 members (excludes halogenated alkanes) is 1. The summed E-state index contributed by atoms with van der Waals surface area (Å²) in [4.78, 5) is 35.2. The molecule has 1 aromatic heterocycles. The number of carbonyl (C=O) groups is 2. The van der Waals surface area contributed by atoms with Gasteiger partial charge < -0.3 is 14.2 Å². The quantitative estimate of drug-likeness (QED) is 0.0407. The molecule has 0 amide bonds. The van der Waals surface area contributed by atoms with Crippen LogP contribution < -0.4 is 4.90 Å². The van der Waals surface area contributed by atoms with E-state index in [-0.39, 0.29) is 36.3 Å². The third kappa shape index (κ3) is 9.56. The first-order valence-corrected chi connectivity index (χ1v) is 14.6. The lowest BCUT2D eigenvalue weighted by Gasteiger charge is -2.22. The molecule has 0 fully saturated rings. The Morgan fingerprint density at radius 3 is 2.28 bits per heavy atom. The van der Waals surface area contributed by atoms with Gasteiger partial charge in [-0.25, -0.2) is 9.38 Å². The molecule has 0 radical (unpaired) electrons. The molecule has 242 valence electrons. The third-order valence-electron chi connectivity index (χ3n) is 6.82. The van der Waals surface area contributed by atoms with Crippen LogP contribution in [-0.2, 0) is 22.1 Å². The van der Waals surface area contributed by atoms with Crippen LogP contribution in [0.25, 0.3) is 11.5 Å². The van der Waals surface area contributed by atoms with Gasteiger partial charge in [0.2, 0.25) is 0 Å². The molecule has 12 heteroatoms. The van der Waals surface area contributed by atoms with E-state index < -0.39 is 17.3 Å². The summed E-state index contributed by atoms with van der Waals surface area (Å²) < 4.78 is 63.2. The second kappa shape index (κ2) is 14.5. The van der Waals surface area contributed by atoms with Crippen LogP contribution >= 0.6 is 0 Å². The Morgan fingerprint density at radius 1 is 0.978 bits per heavy atom. The van der Waals surface area contributed by atoms with Crippen molar-refractivity contribution in [1.29, 1.82) is 0 Å². The van der Waals surface area contributed by atoms with Gasteiger partial charge in [-0.15, -0.1) is 0 Å². The fourth-order valence-electron chi connectivity index (χ4n) is 4.51. The third-order valence-corrected chi connectivity index (χ3v) is 6.82. The lowest BCUT2D eigenvalue weighted by atomic mass is 10.1. The summed E-state index contributed by atoms with van der Waals surface area (Å²) in [6, 6.07) is 15.4. The average Bonchev–Trinajstić information content (AvgIpc) is 3.46. The van der Waals surface area contributed by atoms with Gasteiger partial charge in [-0.1, -0.05) is 17.3 Å². The highest BCUT2D eigenvalue weighted by Crippen LogP contribution is 2.30. The van der Waals surface area contributed by atoms with Gasteiger partial charge in [0.15, 0.2) is 12.1 Å². The number of rotatable bonds is 11. The molecule has 46 heavy (non-hydrogen) atoms. The van der Waals surface area contributed by atoms with Crippen molar-refractivity contribution in [3.8, 4) is 11.5 Å². The van der Waals surface area contributed by atoms with Gasteiger partial charge in [0.05, 0.1) is 11.3 Å². The van der Waals surface area contributed by atoms with Crippen LogP contribution in [0.4, 0.5) is 28.9 Å². The number of hydrogen-bond acceptors (Lipinski definition) is 7. The zero-order valence-electron chi connectivity index (χ0n) is 25.9. The van der Waals surface area contributed by atoms with Crippen molar-refractivity contribution in [2.75, 3.05) is 11.9 Å². The van der Waals surface area contributed by atoms with Crippen molar-refractivity contribution in [2.24, 2.45) is 4.99 Å². The minimum absolute atomic E-state index is 0.140. The first kappa shape index (κ1) is 34.0. The number of anilines is 1. The smallest absolute Gasteiger partial charge is 0.416 e. The largest absolute Gasteiger partial charge is 0.460 e.